The smallest absolute Gasteiger partial charge is 0.355 e. The summed E-state index contributed by atoms with van der Waals surface area (Å²) in [7, 11) is 0. The molecule has 3 rings (SSSR count). The van der Waals surface area contributed by atoms with Crippen LogP contribution >= 0.6 is 0 Å². The summed E-state index contributed by atoms with van der Waals surface area (Å²) >= 11 is 0. The molecule has 0 aliphatic rings. The van der Waals surface area contributed by atoms with E-state index < -0.39 is 29.3 Å². The van der Waals surface area contributed by atoms with E-state index >= 15 is 0 Å². The van der Waals surface area contributed by atoms with Crippen molar-refractivity contribution >= 4 is 5.91 Å². The number of carbonyl (C=O) groups is 1. The van der Waals surface area contributed by atoms with Crippen molar-refractivity contribution in [3.8, 4) is 11.3 Å². The van der Waals surface area contributed by atoms with Crippen LogP contribution in [0.5, 0.6) is 0 Å². The highest BCUT2D eigenvalue weighted by Gasteiger charge is 2.31. The maximum Gasteiger partial charge on any atom is 0.416 e. The summed E-state index contributed by atoms with van der Waals surface area (Å²) < 4.78 is 70.5. The molecule has 0 saturated heterocycles. The minimum Gasteiger partial charge on any atom is -0.355 e. The van der Waals surface area contributed by atoms with Crippen LogP contribution in [0.2, 0.25) is 0 Å². The van der Waals surface area contributed by atoms with Gasteiger partial charge in [-0.3, -0.25) is 4.79 Å². The number of aryl methyl sites for hydroxylation is 1. The van der Waals surface area contributed by atoms with Crippen molar-refractivity contribution in [3.63, 3.8) is 0 Å². The molecule has 0 bridgehead atoms. The molecular formula is C19H13F5N2O2. The summed E-state index contributed by atoms with van der Waals surface area (Å²) in [4.78, 5) is 12.5. The van der Waals surface area contributed by atoms with Gasteiger partial charge in [-0.2, -0.15) is 13.2 Å². The molecule has 9 heteroatoms. The number of benzene rings is 2. The SMILES string of the molecule is Cc1noc(-c2cccc(C(F)(F)F)c2)c1C(=O)NCc1ccc(F)cc1F. The monoisotopic (exact) mass is 396 g/mol. The van der Waals surface area contributed by atoms with Crippen LogP contribution in [-0.4, -0.2) is 11.1 Å². The number of aromatic nitrogens is 1. The van der Waals surface area contributed by atoms with E-state index in [0.717, 1.165) is 18.2 Å². The molecule has 1 heterocycles. The van der Waals surface area contributed by atoms with Gasteiger partial charge in [-0.25, -0.2) is 8.78 Å². The summed E-state index contributed by atoms with van der Waals surface area (Å²) in [6.07, 6.45) is -4.56. The molecular weight excluding hydrogens is 383 g/mol. The van der Waals surface area contributed by atoms with Crippen LogP contribution < -0.4 is 5.32 Å². The Hall–Kier alpha value is -3.23. The first-order valence-corrected chi connectivity index (χ1v) is 8.03. The lowest BCUT2D eigenvalue weighted by Gasteiger charge is -2.09. The molecule has 0 atom stereocenters. The topological polar surface area (TPSA) is 55.1 Å². The Morgan fingerprint density at radius 3 is 2.57 bits per heavy atom. The van der Waals surface area contributed by atoms with E-state index in [9.17, 15) is 26.7 Å². The van der Waals surface area contributed by atoms with Gasteiger partial charge in [-0.15, -0.1) is 0 Å². The predicted octanol–water partition coefficient (Wildman–Crippen LogP) is 4.88. The van der Waals surface area contributed by atoms with Crippen molar-refractivity contribution in [2.24, 2.45) is 0 Å². The lowest BCUT2D eigenvalue weighted by molar-refractivity contribution is -0.137. The third-order valence-corrected chi connectivity index (χ3v) is 4.00. The van der Waals surface area contributed by atoms with Crippen LogP contribution in [0, 0.1) is 18.6 Å². The van der Waals surface area contributed by atoms with Crippen LogP contribution in [0.1, 0.15) is 27.2 Å². The van der Waals surface area contributed by atoms with Crippen molar-refractivity contribution in [3.05, 3.63) is 76.5 Å². The molecule has 0 radical (unpaired) electrons. The minimum absolute atomic E-state index is 0.0218. The number of hydrogen-bond donors (Lipinski definition) is 1. The van der Waals surface area contributed by atoms with E-state index in [-0.39, 0.29) is 34.7 Å². The molecule has 0 aliphatic carbocycles. The van der Waals surface area contributed by atoms with Gasteiger partial charge in [0.25, 0.3) is 5.91 Å². The van der Waals surface area contributed by atoms with Gasteiger partial charge in [-0.05, 0) is 25.1 Å². The average molecular weight is 396 g/mol. The zero-order valence-electron chi connectivity index (χ0n) is 14.4. The Kier molecular flexibility index (Phi) is 5.17. The van der Waals surface area contributed by atoms with E-state index in [2.05, 4.69) is 10.5 Å². The number of amides is 1. The van der Waals surface area contributed by atoms with Crippen molar-refractivity contribution in [2.75, 3.05) is 0 Å². The molecule has 3 aromatic rings. The number of alkyl halides is 3. The van der Waals surface area contributed by atoms with Crippen molar-refractivity contribution in [1.82, 2.24) is 10.5 Å². The van der Waals surface area contributed by atoms with Crippen LogP contribution in [0.3, 0.4) is 0 Å². The summed E-state index contributed by atoms with van der Waals surface area (Å²) in [5.74, 6) is -2.44. The van der Waals surface area contributed by atoms with E-state index in [1.54, 1.807) is 0 Å². The molecule has 0 spiro atoms. The minimum atomic E-state index is -4.56. The molecule has 0 unspecified atom stereocenters. The van der Waals surface area contributed by atoms with E-state index in [1.165, 1.54) is 25.1 Å². The van der Waals surface area contributed by atoms with Gasteiger partial charge in [0.1, 0.15) is 17.2 Å². The highest BCUT2D eigenvalue weighted by Crippen LogP contribution is 2.33. The molecule has 28 heavy (non-hydrogen) atoms. The third-order valence-electron chi connectivity index (χ3n) is 4.00. The standard InChI is InChI=1S/C19H13F5N2O2/c1-10-16(18(27)25-9-12-5-6-14(20)8-15(12)21)17(28-26-10)11-3-2-4-13(7-11)19(22,23)24/h2-8H,9H2,1H3,(H,25,27). The highest BCUT2D eigenvalue weighted by atomic mass is 19.4. The van der Waals surface area contributed by atoms with Crippen molar-refractivity contribution in [2.45, 2.75) is 19.6 Å². The van der Waals surface area contributed by atoms with Crippen LogP contribution in [-0.2, 0) is 12.7 Å². The molecule has 1 aromatic heterocycles. The number of nitrogens with one attached hydrogen (secondary N) is 1. The third kappa shape index (κ3) is 4.03. The number of nitrogens with zero attached hydrogens (tertiary/aromatic N) is 1. The average Bonchev–Trinajstić information content (AvgIpc) is 3.02. The second-order valence-corrected chi connectivity index (χ2v) is 5.97. The fourth-order valence-electron chi connectivity index (χ4n) is 2.60. The molecule has 1 N–H and O–H groups in total. The first-order chi connectivity index (χ1) is 13.2. The maximum atomic E-state index is 13.7. The molecule has 146 valence electrons. The van der Waals surface area contributed by atoms with Gasteiger partial charge in [-0.1, -0.05) is 23.4 Å². The van der Waals surface area contributed by atoms with Gasteiger partial charge in [0.2, 0.25) is 0 Å². The lowest BCUT2D eigenvalue weighted by atomic mass is 10.0. The van der Waals surface area contributed by atoms with Gasteiger partial charge in [0.15, 0.2) is 5.76 Å². The second-order valence-electron chi connectivity index (χ2n) is 5.97. The molecule has 2 aromatic carbocycles. The van der Waals surface area contributed by atoms with Gasteiger partial charge < -0.3 is 9.84 Å². The zero-order chi connectivity index (χ0) is 20.5. The first kappa shape index (κ1) is 19.5. The Morgan fingerprint density at radius 1 is 1.14 bits per heavy atom. The molecule has 4 nitrogen and oxygen atoms in total. The Labute approximate surface area is 156 Å². The lowest BCUT2D eigenvalue weighted by Crippen LogP contribution is -2.24. The second kappa shape index (κ2) is 7.41. The molecule has 0 aliphatic heterocycles. The quantitative estimate of drug-likeness (QED) is 0.640. The predicted molar refractivity (Wildman–Crippen MR) is 89.2 cm³/mol. The Morgan fingerprint density at radius 2 is 1.89 bits per heavy atom. The van der Waals surface area contributed by atoms with E-state index in [0.29, 0.717) is 6.07 Å². The van der Waals surface area contributed by atoms with E-state index in [4.69, 9.17) is 4.52 Å². The van der Waals surface area contributed by atoms with Gasteiger partial charge >= 0.3 is 6.18 Å². The summed E-state index contributed by atoms with van der Waals surface area (Å²) in [5.41, 5.74) is -0.747. The van der Waals surface area contributed by atoms with Crippen LogP contribution in [0.4, 0.5) is 22.0 Å². The van der Waals surface area contributed by atoms with Crippen LogP contribution in [0.15, 0.2) is 47.0 Å². The number of rotatable bonds is 4. The van der Waals surface area contributed by atoms with E-state index in [1.807, 2.05) is 0 Å². The molecule has 1 amide bonds. The number of hydrogen-bond acceptors (Lipinski definition) is 3. The largest absolute Gasteiger partial charge is 0.416 e. The fourth-order valence-corrected chi connectivity index (χ4v) is 2.60. The Balaban J connectivity index is 1.87. The fraction of sp³-hybridized carbons (Fsp3) is 0.158. The van der Waals surface area contributed by atoms with Crippen LogP contribution in [0.25, 0.3) is 11.3 Å². The highest BCUT2D eigenvalue weighted by molar-refractivity contribution is 6.00. The Bertz CT molecular complexity index is 1030. The first-order valence-electron chi connectivity index (χ1n) is 8.03. The molecule has 0 fully saturated rings. The van der Waals surface area contributed by atoms with Crippen molar-refractivity contribution < 1.29 is 31.3 Å². The van der Waals surface area contributed by atoms with Gasteiger partial charge in [0.05, 0.1) is 11.3 Å². The summed E-state index contributed by atoms with van der Waals surface area (Å²) in [6, 6.07) is 7.18. The van der Waals surface area contributed by atoms with Crippen molar-refractivity contribution in [1.29, 1.82) is 0 Å². The maximum absolute atomic E-state index is 13.7. The summed E-state index contributed by atoms with van der Waals surface area (Å²) in [5, 5.41) is 6.08. The normalized spacial score (nSPS) is 11.5. The zero-order valence-corrected chi connectivity index (χ0v) is 14.4. The summed E-state index contributed by atoms with van der Waals surface area (Å²) in [6.45, 7) is 1.20. The molecule has 0 saturated carbocycles. The number of carbonyl (C=O) groups excluding carboxylic acids is 1. The number of halogens is 5. The van der Waals surface area contributed by atoms with Gasteiger partial charge in [0, 0.05) is 23.7 Å².